The number of ether oxygens (including phenoxy) is 1. The summed E-state index contributed by atoms with van der Waals surface area (Å²) in [6, 6.07) is 5.35. The van der Waals surface area contributed by atoms with Gasteiger partial charge in [-0.05, 0) is 31.1 Å². The highest BCUT2D eigenvalue weighted by Gasteiger charge is 2.32. The average Bonchev–Trinajstić information content (AvgIpc) is 2.34. The number of allylic oxidation sites excluding steroid dienone is 2. The molecule has 0 saturated carbocycles. The fourth-order valence-corrected chi connectivity index (χ4v) is 1.60. The highest BCUT2D eigenvalue weighted by atomic mass is 19.4. The van der Waals surface area contributed by atoms with Crippen molar-refractivity contribution in [1.82, 2.24) is 0 Å². The van der Waals surface area contributed by atoms with Crippen molar-refractivity contribution in [2.45, 2.75) is 33.1 Å². The molecular weight excluding hydrogens is 257 g/mol. The molecule has 0 radical (unpaired) electrons. The van der Waals surface area contributed by atoms with Gasteiger partial charge in [-0.3, -0.25) is 4.79 Å². The molecule has 0 amide bonds. The molecule has 0 aliphatic heterocycles. The van der Waals surface area contributed by atoms with E-state index in [1.165, 1.54) is 24.3 Å². The first-order chi connectivity index (χ1) is 8.87. The molecule has 0 heterocycles. The second kappa shape index (κ2) is 6.41. The first-order valence-electron chi connectivity index (χ1n) is 5.96. The van der Waals surface area contributed by atoms with Crippen LogP contribution in [0.25, 0.3) is 0 Å². The van der Waals surface area contributed by atoms with Gasteiger partial charge in [-0.2, -0.15) is 0 Å². The molecule has 1 aromatic rings. The summed E-state index contributed by atoms with van der Waals surface area (Å²) in [5.74, 6) is -0.943. The van der Waals surface area contributed by atoms with E-state index in [0.29, 0.717) is 12.8 Å². The topological polar surface area (TPSA) is 26.3 Å². The van der Waals surface area contributed by atoms with Crippen LogP contribution in [0.5, 0.6) is 5.75 Å². The van der Waals surface area contributed by atoms with E-state index in [-0.39, 0.29) is 5.56 Å². The van der Waals surface area contributed by atoms with Crippen molar-refractivity contribution in [3.63, 3.8) is 0 Å². The Morgan fingerprint density at radius 2 is 1.79 bits per heavy atom. The highest BCUT2D eigenvalue weighted by Crippen LogP contribution is 2.27. The lowest BCUT2D eigenvalue weighted by Gasteiger charge is -2.11. The van der Waals surface area contributed by atoms with Crippen LogP contribution in [0.1, 0.15) is 37.0 Å². The summed E-state index contributed by atoms with van der Waals surface area (Å²) in [5.41, 5.74) is 0.797. The molecule has 0 N–H and O–H groups in total. The van der Waals surface area contributed by atoms with Gasteiger partial charge >= 0.3 is 6.36 Å². The zero-order valence-electron chi connectivity index (χ0n) is 10.8. The van der Waals surface area contributed by atoms with Gasteiger partial charge in [0.05, 0.1) is 5.56 Å². The number of alkyl halides is 3. The number of hydrogen-bond acceptors (Lipinski definition) is 2. The molecule has 0 unspecified atom stereocenters. The molecule has 2 nitrogen and oxygen atoms in total. The molecule has 104 valence electrons. The molecule has 0 atom stereocenters. The Balaban J connectivity index is 3.07. The third-order valence-electron chi connectivity index (χ3n) is 2.62. The summed E-state index contributed by atoms with van der Waals surface area (Å²) < 4.78 is 40.5. The monoisotopic (exact) mass is 272 g/mol. The summed E-state index contributed by atoms with van der Waals surface area (Å²) in [6.45, 7) is 3.78. The third-order valence-corrected chi connectivity index (χ3v) is 2.62. The Labute approximate surface area is 109 Å². The Kier molecular flexibility index (Phi) is 5.15. The van der Waals surface area contributed by atoms with Gasteiger partial charge in [0, 0.05) is 0 Å². The fourth-order valence-electron chi connectivity index (χ4n) is 1.60. The van der Waals surface area contributed by atoms with Gasteiger partial charge < -0.3 is 4.74 Å². The van der Waals surface area contributed by atoms with E-state index in [9.17, 15) is 18.0 Å². The van der Waals surface area contributed by atoms with Crippen LogP contribution < -0.4 is 4.74 Å². The summed E-state index contributed by atoms with van der Waals surface area (Å²) in [7, 11) is 0. The third kappa shape index (κ3) is 4.77. The smallest absolute Gasteiger partial charge is 0.405 e. The fraction of sp³-hybridized carbons (Fsp3) is 0.357. The SMILES string of the molecule is CCC(=CC(=O)c1ccccc1OC(F)(F)F)CC. The van der Waals surface area contributed by atoms with Crippen LogP contribution in [0.4, 0.5) is 13.2 Å². The van der Waals surface area contributed by atoms with Crippen molar-refractivity contribution in [1.29, 1.82) is 0 Å². The van der Waals surface area contributed by atoms with E-state index < -0.39 is 17.9 Å². The maximum absolute atomic E-state index is 12.2. The molecular formula is C14H15F3O2. The Morgan fingerprint density at radius 3 is 2.32 bits per heavy atom. The van der Waals surface area contributed by atoms with Crippen molar-refractivity contribution < 1.29 is 22.7 Å². The molecule has 1 rings (SSSR count). The summed E-state index contributed by atoms with van der Waals surface area (Å²) in [5, 5.41) is 0. The molecule has 0 spiro atoms. The molecule has 0 fully saturated rings. The van der Waals surface area contributed by atoms with Crippen LogP contribution in [-0.4, -0.2) is 12.1 Å². The van der Waals surface area contributed by atoms with Crippen molar-refractivity contribution >= 4 is 5.78 Å². The maximum atomic E-state index is 12.2. The average molecular weight is 272 g/mol. The number of para-hydroxylation sites is 1. The van der Waals surface area contributed by atoms with Crippen LogP contribution in [0.3, 0.4) is 0 Å². The standard InChI is InChI=1S/C14H15F3O2/c1-3-10(4-2)9-12(18)11-7-5-6-8-13(11)19-14(15,16)17/h5-9H,3-4H2,1-2H3. The van der Waals surface area contributed by atoms with E-state index in [1.807, 2.05) is 13.8 Å². The van der Waals surface area contributed by atoms with Crippen LogP contribution in [0.15, 0.2) is 35.9 Å². The van der Waals surface area contributed by atoms with Crippen LogP contribution in [0, 0.1) is 0 Å². The number of ketones is 1. The number of halogens is 3. The summed E-state index contributed by atoms with van der Waals surface area (Å²) in [4.78, 5) is 12.0. The van der Waals surface area contributed by atoms with Gasteiger partial charge in [0.1, 0.15) is 5.75 Å². The summed E-state index contributed by atoms with van der Waals surface area (Å²) in [6.07, 6.45) is -2.06. The Bertz CT molecular complexity index is 470. The van der Waals surface area contributed by atoms with Gasteiger partial charge in [-0.1, -0.05) is 31.6 Å². The number of benzene rings is 1. The molecule has 0 aromatic heterocycles. The lowest BCUT2D eigenvalue weighted by Crippen LogP contribution is -2.18. The minimum atomic E-state index is -4.81. The van der Waals surface area contributed by atoms with E-state index >= 15 is 0 Å². The lowest BCUT2D eigenvalue weighted by molar-refractivity contribution is -0.274. The Morgan fingerprint density at radius 1 is 1.21 bits per heavy atom. The van der Waals surface area contributed by atoms with Crippen LogP contribution >= 0.6 is 0 Å². The number of rotatable bonds is 5. The minimum absolute atomic E-state index is 0.0841. The zero-order valence-corrected chi connectivity index (χ0v) is 10.8. The normalized spacial score (nSPS) is 11.0. The van der Waals surface area contributed by atoms with Crippen molar-refractivity contribution in [3.05, 3.63) is 41.5 Å². The molecule has 0 bridgehead atoms. The lowest BCUT2D eigenvalue weighted by atomic mass is 10.0. The largest absolute Gasteiger partial charge is 0.573 e. The number of carbonyl (C=O) groups excluding carboxylic acids is 1. The highest BCUT2D eigenvalue weighted by molar-refractivity contribution is 6.06. The van der Waals surface area contributed by atoms with Gasteiger partial charge in [0.2, 0.25) is 0 Å². The molecule has 19 heavy (non-hydrogen) atoms. The molecule has 0 saturated heterocycles. The van der Waals surface area contributed by atoms with E-state index in [2.05, 4.69) is 4.74 Å². The zero-order chi connectivity index (χ0) is 14.5. The molecule has 5 heteroatoms. The molecule has 0 aliphatic rings. The van der Waals surface area contributed by atoms with E-state index in [0.717, 1.165) is 11.6 Å². The molecule has 0 aliphatic carbocycles. The summed E-state index contributed by atoms with van der Waals surface area (Å²) >= 11 is 0. The van der Waals surface area contributed by atoms with Crippen LogP contribution in [0.2, 0.25) is 0 Å². The first-order valence-corrected chi connectivity index (χ1v) is 5.96. The predicted molar refractivity (Wildman–Crippen MR) is 66.1 cm³/mol. The molecule has 1 aromatic carbocycles. The Hall–Kier alpha value is -1.78. The van der Waals surface area contributed by atoms with Crippen molar-refractivity contribution in [2.24, 2.45) is 0 Å². The maximum Gasteiger partial charge on any atom is 0.573 e. The van der Waals surface area contributed by atoms with Crippen molar-refractivity contribution in [3.8, 4) is 5.75 Å². The van der Waals surface area contributed by atoms with E-state index in [4.69, 9.17) is 0 Å². The van der Waals surface area contributed by atoms with Gasteiger partial charge in [0.25, 0.3) is 0 Å². The van der Waals surface area contributed by atoms with Gasteiger partial charge in [-0.15, -0.1) is 13.2 Å². The van der Waals surface area contributed by atoms with Gasteiger partial charge in [-0.25, -0.2) is 0 Å². The predicted octanol–water partition coefficient (Wildman–Crippen LogP) is 4.51. The van der Waals surface area contributed by atoms with Crippen molar-refractivity contribution in [2.75, 3.05) is 0 Å². The van der Waals surface area contributed by atoms with Gasteiger partial charge in [0.15, 0.2) is 5.78 Å². The van der Waals surface area contributed by atoms with Crippen LogP contribution in [-0.2, 0) is 0 Å². The van der Waals surface area contributed by atoms with E-state index in [1.54, 1.807) is 0 Å². The quantitative estimate of drug-likeness (QED) is 0.582. The second-order valence-corrected chi connectivity index (χ2v) is 3.92. The second-order valence-electron chi connectivity index (χ2n) is 3.92. The first kappa shape index (κ1) is 15.3. The number of carbonyl (C=O) groups is 1. The minimum Gasteiger partial charge on any atom is -0.405 e. The number of hydrogen-bond donors (Lipinski definition) is 0.